The van der Waals surface area contributed by atoms with Crippen molar-refractivity contribution in [3.05, 3.63) is 29.1 Å². The molecule has 2 aliphatic rings. The molecule has 0 spiro atoms. The second-order valence-electron chi connectivity index (χ2n) is 6.40. The highest BCUT2D eigenvalue weighted by molar-refractivity contribution is 5.85. The lowest BCUT2D eigenvalue weighted by molar-refractivity contribution is 0.122. The Morgan fingerprint density at radius 3 is 2.39 bits per heavy atom. The molecule has 0 radical (unpaired) electrons. The van der Waals surface area contributed by atoms with Gasteiger partial charge >= 0.3 is 0 Å². The molecular weight excluding hydrogens is 338 g/mol. The Morgan fingerprint density at radius 2 is 1.78 bits per heavy atom. The molecule has 132 valence electrons. The summed E-state index contributed by atoms with van der Waals surface area (Å²) in [6.45, 7) is 5.86. The van der Waals surface area contributed by atoms with Crippen LogP contribution in [0.25, 0.3) is 0 Å². The number of benzene rings is 1. The number of rotatable bonds is 3. The Bertz CT molecular complexity index is 504. The van der Waals surface area contributed by atoms with E-state index in [0.717, 1.165) is 37.3 Å². The Morgan fingerprint density at radius 1 is 1.17 bits per heavy atom. The molecule has 0 bridgehead atoms. The summed E-state index contributed by atoms with van der Waals surface area (Å²) in [5, 5.41) is 13.7. The Balaban J connectivity index is 0.00000132. The minimum absolute atomic E-state index is 0. The van der Waals surface area contributed by atoms with Gasteiger partial charge in [0, 0.05) is 37.8 Å². The third-order valence-corrected chi connectivity index (χ3v) is 5.07. The monoisotopic (exact) mass is 364 g/mol. The van der Waals surface area contributed by atoms with E-state index in [9.17, 15) is 9.50 Å². The van der Waals surface area contributed by atoms with Crippen molar-refractivity contribution in [2.75, 3.05) is 26.2 Å². The summed E-state index contributed by atoms with van der Waals surface area (Å²) in [5.41, 5.74) is 1.83. The number of halogens is 3. The molecule has 1 aromatic rings. The first-order valence-corrected chi connectivity index (χ1v) is 8.11. The molecule has 23 heavy (non-hydrogen) atoms. The van der Waals surface area contributed by atoms with E-state index in [2.05, 4.69) is 10.2 Å². The second kappa shape index (κ2) is 9.07. The molecular formula is C17H27Cl2FN2O. The van der Waals surface area contributed by atoms with E-state index in [4.69, 9.17) is 0 Å². The summed E-state index contributed by atoms with van der Waals surface area (Å²) in [5.74, 6) is -0.0892. The van der Waals surface area contributed by atoms with Crippen LogP contribution in [0, 0.1) is 18.7 Å². The number of aryl methyl sites for hydroxylation is 1. The van der Waals surface area contributed by atoms with Crippen LogP contribution in [-0.4, -0.2) is 36.2 Å². The Kier molecular flexibility index (Phi) is 8.08. The smallest absolute Gasteiger partial charge is 0.165 e. The van der Waals surface area contributed by atoms with E-state index in [1.165, 1.54) is 31.7 Å². The van der Waals surface area contributed by atoms with Gasteiger partial charge in [-0.3, -0.25) is 4.90 Å². The minimum atomic E-state index is -0.492. The first kappa shape index (κ1) is 20.5. The fourth-order valence-corrected chi connectivity index (χ4v) is 4.01. The molecule has 1 aliphatic carbocycles. The van der Waals surface area contributed by atoms with Crippen LogP contribution in [0.4, 0.5) is 4.39 Å². The molecule has 1 aliphatic heterocycles. The average molecular weight is 365 g/mol. The van der Waals surface area contributed by atoms with E-state index in [-0.39, 0.29) is 36.6 Å². The lowest BCUT2D eigenvalue weighted by Crippen LogP contribution is -2.46. The number of nitrogens with one attached hydrogen (secondary N) is 1. The number of phenols is 1. The molecule has 1 saturated carbocycles. The molecule has 3 nitrogen and oxygen atoms in total. The normalized spacial score (nSPS) is 20.6. The van der Waals surface area contributed by atoms with Crippen molar-refractivity contribution < 1.29 is 9.50 Å². The van der Waals surface area contributed by atoms with Crippen LogP contribution in [0.1, 0.15) is 42.9 Å². The van der Waals surface area contributed by atoms with Crippen LogP contribution in [0.15, 0.2) is 12.1 Å². The van der Waals surface area contributed by atoms with Crippen molar-refractivity contribution in [1.29, 1.82) is 0 Å². The van der Waals surface area contributed by atoms with Crippen LogP contribution in [0.2, 0.25) is 0 Å². The van der Waals surface area contributed by atoms with Gasteiger partial charge in [-0.15, -0.1) is 24.8 Å². The number of hydrogen-bond acceptors (Lipinski definition) is 3. The zero-order valence-electron chi connectivity index (χ0n) is 13.6. The fraction of sp³-hybridized carbons (Fsp3) is 0.647. The van der Waals surface area contributed by atoms with E-state index in [1.54, 1.807) is 6.07 Å². The van der Waals surface area contributed by atoms with Gasteiger partial charge in [0.15, 0.2) is 11.6 Å². The molecule has 1 aromatic carbocycles. The number of hydrogen-bond donors (Lipinski definition) is 2. The molecule has 1 heterocycles. The van der Waals surface area contributed by atoms with E-state index >= 15 is 0 Å². The number of nitrogens with zero attached hydrogens (tertiary/aromatic N) is 1. The fourth-order valence-electron chi connectivity index (χ4n) is 4.01. The van der Waals surface area contributed by atoms with Crippen LogP contribution < -0.4 is 5.32 Å². The summed E-state index contributed by atoms with van der Waals surface area (Å²) in [4.78, 5) is 2.44. The molecule has 1 saturated heterocycles. The zero-order valence-corrected chi connectivity index (χ0v) is 15.2. The van der Waals surface area contributed by atoms with Crippen molar-refractivity contribution in [3.63, 3.8) is 0 Å². The lowest BCUT2D eigenvalue weighted by Gasteiger charge is -2.39. The van der Waals surface area contributed by atoms with E-state index in [1.807, 2.05) is 6.92 Å². The van der Waals surface area contributed by atoms with Crippen molar-refractivity contribution in [2.45, 2.75) is 38.6 Å². The highest BCUT2D eigenvalue weighted by atomic mass is 35.5. The number of aromatic hydroxyl groups is 1. The van der Waals surface area contributed by atoms with Crippen LogP contribution in [-0.2, 0) is 0 Å². The first-order valence-electron chi connectivity index (χ1n) is 8.11. The van der Waals surface area contributed by atoms with Crippen molar-refractivity contribution in [3.8, 4) is 5.75 Å². The van der Waals surface area contributed by atoms with Gasteiger partial charge in [0.25, 0.3) is 0 Å². The third-order valence-electron chi connectivity index (χ3n) is 5.07. The lowest BCUT2D eigenvalue weighted by atomic mass is 9.86. The van der Waals surface area contributed by atoms with E-state index < -0.39 is 5.82 Å². The van der Waals surface area contributed by atoms with Crippen molar-refractivity contribution in [1.82, 2.24) is 10.2 Å². The van der Waals surface area contributed by atoms with E-state index in [0.29, 0.717) is 5.92 Å². The van der Waals surface area contributed by atoms with Gasteiger partial charge in [0.2, 0.25) is 0 Å². The SMILES string of the molecule is Cc1ccc(F)c(O)c1[C@H](C1CCCC1)N1CCNCC1.Cl.Cl. The predicted octanol–water partition coefficient (Wildman–Crippen LogP) is 3.82. The average Bonchev–Trinajstić information content (AvgIpc) is 3.02. The maximum atomic E-state index is 13.9. The van der Waals surface area contributed by atoms with Gasteiger partial charge in [-0.05, 0) is 37.3 Å². The molecule has 2 fully saturated rings. The highest BCUT2D eigenvalue weighted by Crippen LogP contribution is 2.44. The van der Waals surface area contributed by atoms with Crippen LogP contribution in [0.3, 0.4) is 0 Å². The van der Waals surface area contributed by atoms with Crippen molar-refractivity contribution in [2.24, 2.45) is 5.92 Å². The standard InChI is InChI=1S/C17H25FN2O.2ClH/c1-12-6-7-14(18)17(21)15(12)16(13-4-2-3-5-13)20-10-8-19-9-11-20;;/h6-7,13,16,19,21H,2-5,8-11H2,1H3;2*1H/t16-;;/m0../s1. The number of piperazine rings is 1. The highest BCUT2D eigenvalue weighted by Gasteiger charge is 2.34. The third kappa shape index (κ3) is 4.30. The van der Waals surface area contributed by atoms with Gasteiger partial charge in [-0.25, -0.2) is 4.39 Å². The Hall–Kier alpha value is -0.550. The zero-order chi connectivity index (χ0) is 14.8. The second-order valence-corrected chi connectivity index (χ2v) is 6.40. The predicted molar refractivity (Wildman–Crippen MR) is 96.4 cm³/mol. The minimum Gasteiger partial charge on any atom is -0.505 e. The molecule has 0 aromatic heterocycles. The topological polar surface area (TPSA) is 35.5 Å². The quantitative estimate of drug-likeness (QED) is 0.855. The van der Waals surface area contributed by atoms with Gasteiger partial charge in [-0.1, -0.05) is 18.9 Å². The molecule has 2 N–H and O–H groups in total. The van der Waals surface area contributed by atoms with Crippen LogP contribution >= 0.6 is 24.8 Å². The van der Waals surface area contributed by atoms with Gasteiger partial charge in [0.05, 0.1) is 0 Å². The summed E-state index contributed by atoms with van der Waals surface area (Å²) >= 11 is 0. The maximum Gasteiger partial charge on any atom is 0.165 e. The molecule has 0 unspecified atom stereocenters. The molecule has 0 amide bonds. The first-order chi connectivity index (χ1) is 10.2. The summed E-state index contributed by atoms with van der Waals surface area (Å²) in [6.07, 6.45) is 4.87. The molecule has 6 heteroatoms. The molecule has 1 atom stereocenters. The summed E-state index contributed by atoms with van der Waals surface area (Å²) < 4.78 is 13.9. The van der Waals surface area contributed by atoms with Gasteiger partial charge in [-0.2, -0.15) is 0 Å². The van der Waals surface area contributed by atoms with Gasteiger partial charge in [0.1, 0.15) is 0 Å². The largest absolute Gasteiger partial charge is 0.505 e. The van der Waals surface area contributed by atoms with Crippen molar-refractivity contribution >= 4 is 24.8 Å². The Labute approximate surface area is 150 Å². The van der Waals surface area contributed by atoms with Crippen LogP contribution in [0.5, 0.6) is 5.75 Å². The number of phenolic OH excluding ortho intramolecular Hbond substituents is 1. The van der Waals surface area contributed by atoms with Gasteiger partial charge < -0.3 is 10.4 Å². The summed E-state index contributed by atoms with van der Waals surface area (Å²) in [6, 6.07) is 3.33. The summed E-state index contributed by atoms with van der Waals surface area (Å²) in [7, 11) is 0. The molecule has 3 rings (SSSR count). The maximum absolute atomic E-state index is 13.9.